The van der Waals surface area contributed by atoms with Crippen LogP contribution in [-0.4, -0.2) is 11.1 Å². The first-order chi connectivity index (χ1) is 20.1. The number of fused-ring (bicyclic) bond motifs is 3. The fourth-order valence-corrected chi connectivity index (χ4v) is 5.66. The zero-order valence-corrected chi connectivity index (χ0v) is 24.7. The molecule has 7 rings (SSSR count). The first-order valence-electron chi connectivity index (χ1n) is 13.8. The summed E-state index contributed by atoms with van der Waals surface area (Å²) in [6.07, 6.45) is 9.50. The largest absolute Gasteiger partial charge is 1.00 e. The third-order valence-corrected chi connectivity index (χ3v) is 7.91. The van der Waals surface area contributed by atoms with Crippen LogP contribution in [-0.2, 0) is 13.0 Å². The molecule has 0 saturated heterocycles. The molecule has 0 aliphatic heterocycles. The molecule has 4 aromatic carbocycles. The van der Waals surface area contributed by atoms with Crippen LogP contribution in [0.4, 0.5) is 0 Å². The Morgan fingerprint density at radius 2 is 1.13 bits per heavy atom. The topological polar surface area (TPSA) is 45.1 Å². The average Bonchev–Trinajstić information content (AvgIpc) is 3.40. The first-order valence-corrected chi connectivity index (χ1v) is 13.8. The number of carboxylic acids is 1. The summed E-state index contributed by atoms with van der Waals surface area (Å²) in [5.74, 6) is -0.910. The molecule has 4 nitrogen and oxygen atoms in total. The number of hydrogen-bond donors (Lipinski definition) is 1. The summed E-state index contributed by atoms with van der Waals surface area (Å²) in [5, 5.41) is 9.10. The lowest BCUT2D eigenvalue weighted by Crippen LogP contribution is -3.00. The maximum absolute atomic E-state index is 11.1. The van der Waals surface area contributed by atoms with Crippen molar-refractivity contribution in [2.75, 3.05) is 0 Å². The molecule has 0 radical (unpaired) electrons. The highest BCUT2D eigenvalue weighted by Crippen LogP contribution is 2.36. The van der Waals surface area contributed by atoms with Crippen LogP contribution >= 0.6 is 0 Å². The van der Waals surface area contributed by atoms with Gasteiger partial charge >= 0.3 is 5.97 Å². The van der Waals surface area contributed by atoms with E-state index in [0.717, 1.165) is 24.1 Å². The lowest BCUT2D eigenvalue weighted by atomic mass is 10.0. The van der Waals surface area contributed by atoms with Crippen LogP contribution < -0.4 is 33.9 Å². The van der Waals surface area contributed by atoms with Crippen molar-refractivity contribution >= 4 is 5.97 Å². The summed E-state index contributed by atoms with van der Waals surface area (Å²) in [6.45, 7) is 0.773. The van der Waals surface area contributed by atoms with E-state index < -0.39 is 5.97 Å². The van der Waals surface area contributed by atoms with Gasteiger partial charge in [-0.1, -0.05) is 75.5 Å². The van der Waals surface area contributed by atoms with E-state index in [9.17, 15) is 4.79 Å². The highest BCUT2D eigenvalue weighted by molar-refractivity contribution is 5.88. The van der Waals surface area contributed by atoms with Crippen LogP contribution in [0, 0.1) is 0 Å². The van der Waals surface area contributed by atoms with Crippen LogP contribution in [0.2, 0.25) is 0 Å². The number of aromatic nitrogens is 2. The molecule has 1 N–H and O–H groups in total. The average molecular weight is 636 g/mol. The fraction of sp³-hybridized carbons (Fsp3) is 0.103. The molecule has 228 valence electrons. The van der Waals surface area contributed by atoms with Gasteiger partial charge in [0.15, 0.2) is 31.3 Å². The van der Waals surface area contributed by atoms with Crippen molar-refractivity contribution in [3.8, 4) is 39.1 Å². The van der Waals surface area contributed by atoms with Gasteiger partial charge < -0.3 is 29.9 Å². The van der Waals surface area contributed by atoms with E-state index in [-0.39, 0.29) is 39.7 Å². The Kier molecular flexibility index (Phi) is 11.4. The van der Waals surface area contributed by atoms with Gasteiger partial charge in [0, 0.05) is 42.0 Å². The van der Waals surface area contributed by atoms with E-state index in [1.54, 1.807) is 12.1 Å². The molecular formula is C39H36Cl2N2O2. The molecular weight excluding hydrogens is 599 g/mol. The van der Waals surface area contributed by atoms with Gasteiger partial charge in [0.05, 0.1) is 5.56 Å². The minimum Gasteiger partial charge on any atom is -1.00 e. The lowest BCUT2D eigenvalue weighted by Gasteiger charge is -2.05. The molecule has 0 saturated carbocycles. The molecule has 1 aliphatic carbocycles. The number of benzene rings is 4. The predicted molar refractivity (Wildman–Crippen MR) is 173 cm³/mol. The first kappa shape index (κ1) is 34.7. The van der Waals surface area contributed by atoms with Crippen LogP contribution in [0.5, 0.6) is 0 Å². The Morgan fingerprint density at radius 3 is 1.76 bits per heavy atom. The Hall–Kier alpha value is -4.77. The number of halogens is 2. The third-order valence-electron chi connectivity index (χ3n) is 7.91. The second-order valence-corrected chi connectivity index (χ2v) is 10.5. The molecule has 0 unspecified atom stereocenters. The zero-order valence-electron chi connectivity index (χ0n) is 23.2. The molecule has 6 aromatic rings. The van der Waals surface area contributed by atoms with Crippen LogP contribution in [0.15, 0.2) is 140 Å². The van der Waals surface area contributed by atoms with Crippen LogP contribution in [0.3, 0.4) is 0 Å². The fourth-order valence-electron chi connectivity index (χ4n) is 5.66. The summed E-state index contributed by atoms with van der Waals surface area (Å²) in [7, 11) is 0. The third kappa shape index (κ3) is 7.15. The minimum absolute atomic E-state index is 0. The van der Waals surface area contributed by atoms with E-state index in [2.05, 4.69) is 125 Å². The molecule has 0 spiro atoms. The summed E-state index contributed by atoms with van der Waals surface area (Å²) in [5.41, 5.74) is 12.6. The SMILES string of the molecule is C.C.O=C(O)c1ccc(-c2ccc(C[n+]3ccc(-c4cc[n+](-c5ccc6c(c5)Cc5ccccc5-6)cc4)cc3)cc2)cc1.[Cl-].[Cl-]. The number of aromatic carboxylic acids is 1. The van der Waals surface area contributed by atoms with E-state index >= 15 is 0 Å². The van der Waals surface area contributed by atoms with E-state index in [1.807, 2.05) is 12.1 Å². The maximum Gasteiger partial charge on any atom is 0.335 e. The van der Waals surface area contributed by atoms with E-state index in [1.165, 1.54) is 44.6 Å². The number of pyridine rings is 2. The molecule has 0 bridgehead atoms. The van der Waals surface area contributed by atoms with Gasteiger partial charge in [-0.05, 0) is 69.1 Å². The van der Waals surface area contributed by atoms with E-state index in [0.29, 0.717) is 5.56 Å². The number of carbonyl (C=O) groups is 1. The van der Waals surface area contributed by atoms with Gasteiger partial charge in [-0.15, -0.1) is 0 Å². The highest BCUT2D eigenvalue weighted by atomic mass is 35.5. The number of hydrogen-bond acceptors (Lipinski definition) is 1. The normalized spacial score (nSPS) is 10.6. The van der Waals surface area contributed by atoms with Gasteiger partial charge in [-0.2, -0.15) is 4.57 Å². The van der Waals surface area contributed by atoms with Crippen molar-refractivity contribution in [2.45, 2.75) is 27.8 Å². The minimum atomic E-state index is -0.910. The second kappa shape index (κ2) is 14.8. The number of carboxylic acid groups (broad SMARTS) is 1. The summed E-state index contributed by atoms with van der Waals surface area (Å²) in [6, 6.07) is 39.5. The number of nitrogens with zero attached hydrogens (tertiary/aromatic N) is 2. The molecule has 6 heteroatoms. The summed E-state index contributed by atoms with van der Waals surface area (Å²) < 4.78 is 4.35. The Bertz CT molecular complexity index is 1890. The molecule has 1 aliphatic rings. The van der Waals surface area contributed by atoms with Crippen molar-refractivity contribution in [3.63, 3.8) is 0 Å². The lowest BCUT2D eigenvalue weighted by molar-refractivity contribution is -0.688. The second-order valence-electron chi connectivity index (χ2n) is 10.5. The summed E-state index contributed by atoms with van der Waals surface area (Å²) in [4.78, 5) is 11.1. The molecule has 2 heterocycles. The Balaban J connectivity index is 0.00000138. The molecule has 0 atom stereocenters. The van der Waals surface area contributed by atoms with Crippen molar-refractivity contribution in [2.24, 2.45) is 0 Å². The standard InChI is InChI=1S/C37H27N2O2.2CH4.2ClH/c40-37(41)31-11-9-28(10-12-31)27-7-5-26(6-8-27)25-38-19-15-29(16-20-38)30-17-21-39(22-18-30)34-13-14-36-33(24-34)23-32-3-1-2-4-35(32)36;;;;/h1-22,24H,23,25H2;2*1H4;2*1H/q+1;;;;/p-1. The van der Waals surface area contributed by atoms with Gasteiger partial charge in [0.1, 0.15) is 0 Å². The Labute approximate surface area is 278 Å². The molecule has 2 aromatic heterocycles. The van der Waals surface area contributed by atoms with E-state index in [4.69, 9.17) is 5.11 Å². The summed E-state index contributed by atoms with van der Waals surface area (Å²) >= 11 is 0. The van der Waals surface area contributed by atoms with Gasteiger partial charge in [0.2, 0.25) is 5.69 Å². The van der Waals surface area contributed by atoms with Gasteiger partial charge in [-0.25, -0.2) is 9.36 Å². The molecule has 0 amide bonds. The highest BCUT2D eigenvalue weighted by Gasteiger charge is 2.20. The van der Waals surface area contributed by atoms with Gasteiger partial charge in [-0.3, -0.25) is 0 Å². The maximum atomic E-state index is 11.1. The predicted octanol–water partition coefficient (Wildman–Crippen LogP) is 2.18. The van der Waals surface area contributed by atoms with Crippen LogP contribution in [0.1, 0.15) is 41.9 Å². The number of rotatable bonds is 6. The smallest absolute Gasteiger partial charge is 0.335 e. The van der Waals surface area contributed by atoms with Crippen LogP contribution in [0.25, 0.3) is 39.1 Å². The van der Waals surface area contributed by atoms with Crippen molar-refractivity contribution in [1.29, 1.82) is 0 Å². The van der Waals surface area contributed by atoms with Crippen molar-refractivity contribution in [1.82, 2.24) is 0 Å². The Morgan fingerprint density at radius 1 is 0.600 bits per heavy atom. The molecule has 0 fully saturated rings. The quantitative estimate of drug-likeness (QED) is 0.285. The van der Waals surface area contributed by atoms with Crippen molar-refractivity contribution < 1.29 is 43.8 Å². The van der Waals surface area contributed by atoms with Gasteiger partial charge in [0.25, 0.3) is 0 Å². The zero-order chi connectivity index (χ0) is 27.8. The van der Waals surface area contributed by atoms with Crippen molar-refractivity contribution in [3.05, 3.63) is 162 Å². The monoisotopic (exact) mass is 634 g/mol. The molecule has 45 heavy (non-hydrogen) atoms.